The number of hydrogen-bond acceptors (Lipinski definition) is 0. The Kier molecular flexibility index (Phi) is 4.20. The lowest BCUT2D eigenvalue weighted by atomic mass is 10.1. The van der Waals surface area contributed by atoms with Crippen molar-refractivity contribution in [1.82, 2.24) is 0 Å². The normalized spacial score (nSPS) is 13.9. The smallest absolute Gasteiger partial charge is 0.171 e. The van der Waals surface area contributed by atoms with Gasteiger partial charge in [-0.05, 0) is 18.9 Å². The van der Waals surface area contributed by atoms with Crippen molar-refractivity contribution in [2.75, 3.05) is 0 Å². The summed E-state index contributed by atoms with van der Waals surface area (Å²) in [6.45, 7) is 1.95. The van der Waals surface area contributed by atoms with Gasteiger partial charge in [0.05, 0.1) is 0 Å². The highest BCUT2D eigenvalue weighted by Crippen LogP contribution is 2.32. The molecular weight excluding hydrogens is 269 g/mol. The number of hydrogen-bond donors (Lipinski definition) is 0. The van der Waals surface area contributed by atoms with Crippen LogP contribution in [0.1, 0.15) is 28.8 Å². The van der Waals surface area contributed by atoms with Crippen molar-refractivity contribution in [1.29, 1.82) is 0 Å². The summed E-state index contributed by atoms with van der Waals surface area (Å²) in [4.78, 5) is -0.222. The van der Waals surface area contributed by atoms with Crippen LogP contribution in [0.4, 0.5) is 13.2 Å². The first kappa shape index (κ1) is 12.6. The molecule has 0 aliphatic carbocycles. The van der Waals surface area contributed by atoms with E-state index in [1.165, 1.54) is 0 Å². The predicted octanol–water partition coefficient (Wildman–Crippen LogP) is 4.77. The van der Waals surface area contributed by atoms with Crippen molar-refractivity contribution in [2.45, 2.75) is 30.8 Å². The minimum absolute atomic E-state index is 0.0760. The number of aryl methyl sites for hydroxylation is 1. The molecule has 0 aliphatic heterocycles. The van der Waals surface area contributed by atoms with Crippen molar-refractivity contribution >= 4 is 15.9 Å². The predicted molar refractivity (Wildman–Crippen MR) is 58.1 cm³/mol. The summed E-state index contributed by atoms with van der Waals surface area (Å²) in [5.41, 5.74) is 2.00. The molecule has 0 amide bonds. The third kappa shape index (κ3) is 4.69. The van der Waals surface area contributed by atoms with E-state index in [1.807, 2.05) is 31.2 Å². The maximum absolute atomic E-state index is 12.0. The summed E-state index contributed by atoms with van der Waals surface area (Å²) >= 11 is 3.26. The minimum Gasteiger partial charge on any atom is -0.171 e. The van der Waals surface area contributed by atoms with Crippen LogP contribution in [0.5, 0.6) is 0 Å². The molecule has 0 bridgehead atoms. The third-order valence-corrected chi connectivity index (χ3v) is 3.11. The molecule has 0 fully saturated rings. The fourth-order valence-corrected chi connectivity index (χ4v) is 1.77. The first-order chi connectivity index (χ1) is 6.88. The molecule has 0 radical (unpaired) electrons. The van der Waals surface area contributed by atoms with Crippen molar-refractivity contribution in [2.24, 2.45) is 0 Å². The highest BCUT2D eigenvalue weighted by molar-refractivity contribution is 9.09. The van der Waals surface area contributed by atoms with Crippen LogP contribution in [0.25, 0.3) is 0 Å². The maximum Gasteiger partial charge on any atom is 0.389 e. The van der Waals surface area contributed by atoms with Gasteiger partial charge in [-0.3, -0.25) is 0 Å². The van der Waals surface area contributed by atoms with E-state index in [1.54, 1.807) is 0 Å². The Morgan fingerprint density at radius 2 is 1.73 bits per heavy atom. The van der Waals surface area contributed by atoms with Gasteiger partial charge in [0.2, 0.25) is 0 Å². The van der Waals surface area contributed by atoms with Crippen LogP contribution in [0, 0.1) is 6.92 Å². The van der Waals surface area contributed by atoms with Gasteiger partial charge in [-0.1, -0.05) is 45.8 Å². The highest BCUT2D eigenvalue weighted by atomic mass is 79.9. The van der Waals surface area contributed by atoms with Crippen LogP contribution in [-0.4, -0.2) is 6.18 Å². The lowest BCUT2D eigenvalue weighted by Gasteiger charge is -2.12. The zero-order valence-electron chi connectivity index (χ0n) is 8.31. The molecule has 15 heavy (non-hydrogen) atoms. The molecule has 1 aromatic rings. The van der Waals surface area contributed by atoms with Crippen molar-refractivity contribution < 1.29 is 13.2 Å². The Morgan fingerprint density at radius 1 is 1.20 bits per heavy atom. The molecule has 0 aliphatic rings. The van der Waals surface area contributed by atoms with E-state index in [0.717, 1.165) is 11.1 Å². The van der Waals surface area contributed by atoms with Gasteiger partial charge in [-0.2, -0.15) is 13.2 Å². The molecule has 0 saturated carbocycles. The second-order valence-electron chi connectivity index (χ2n) is 3.53. The van der Waals surface area contributed by atoms with Crippen molar-refractivity contribution in [3.05, 3.63) is 35.4 Å². The SMILES string of the molecule is Cc1ccc(C(Br)CCC(F)(F)F)cc1. The quantitative estimate of drug-likeness (QED) is 0.700. The molecule has 1 atom stereocenters. The largest absolute Gasteiger partial charge is 0.389 e. The Morgan fingerprint density at radius 3 is 2.20 bits per heavy atom. The van der Waals surface area contributed by atoms with Crippen LogP contribution in [0.3, 0.4) is 0 Å². The van der Waals surface area contributed by atoms with E-state index in [9.17, 15) is 13.2 Å². The molecule has 0 spiro atoms. The summed E-state index contributed by atoms with van der Waals surface area (Å²) in [7, 11) is 0. The van der Waals surface area contributed by atoms with Gasteiger partial charge in [0.25, 0.3) is 0 Å². The van der Waals surface area contributed by atoms with E-state index < -0.39 is 12.6 Å². The monoisotopic (exact) mass is 280 g/mol. The zero-order valence-corrected chi connectivity index (χ0v) is 9.90. The Balaban J connectivity index is 2.54. The Bertz CT molecular complexity index is 303. The van der Waals surface area contributed by atoms with E-state index in [0.29, 0.717) is 0 Å². The maximum atomic E-state index is 12.0. The van der Waals surface area contributed by atoms with Crippen molar-refractivity contribution in [3.8, 4) is 0 Å². The van der Waals surface area contributed by atoms with Crippen LogP contribution in [0.2, 0.25) is 0 Å². The standard InChI is InChI=1S/C11H12BrF3/c1-8-2-4-9(5-3-8)10(12)6-7-11(13,14)15/h2-5,10H,6-7H2,1H3. The van der Waals surface area contributed by atoms with E-state index >= 15 is 0 Å². The summed E-state index contributed by atoms with van der Waals surface area (Å²) in [5.74, 6) is 0. The fraction of sp³-hybridized carbons (Fsp3) is 0.455. The van der Waals surface area contributed by atoms with E-state index in [4.69, 9.17) is 0 Å². The zero-order chi connectivity index (χ0) is 11.5. The molecule has 0 N–H and O–H groups in total. The van der Waals surface area contributed by atoms with Gasteiger partial charge in [-0.25, -0.2) is 0 Å². The average molecular weight is 281 g/mol. The molecule has 84 valence electrons. The molecule has 1 aromatic carbocycles. The van der Waals surface area contributed by atoms with Gasteiger partial charge in [0.1, 0.15) is 0 Å². The van der Waals surface area contributed by atoms with E-state index in [2.05, 4.69) is 15.9 Å². The topological polar surface area (TPSA) is 0 Å². The summed E-state index contributed by atoms with van der Waals surface area (Å²) in [6, 6.07) is 7.50. The van der Waals surface area contributed by atoms with Gasteiger partial charge >= 0.3 is 6.18 Å². The molecule has 0 aromatic heterocycles. The highest BCUT2D eigenvalue weighted by Gasteiger charge is 2.27. The number of alkyl halides is 4. The molecule has 0 nitrogen and oxygen atoms in total. The van der Waals surface area contributed by atoms with Crippen LogP contribution < -0.4 is 0 Å². The minimum atomic E-state index is -4.07. The molecule has 1 rings (SSSR count). The lowest BCUT2D eigenvalue weighted by Crippen LogP contribution is -2.08. The lowest BCUT2D eigenvalue weighted by molar-refractivity contribution is -0.135. The molecular formula is C11H12BrF3. The first-order valence-corrected chi connectivity index (χ1v) is 5.57. The fourth-order valence-electron chi connectivity index (χ4n) is 1.23. The summed E-state index contributed by atoms with van der Waals surface area (Å²) in [5, 5.41) is 0. The van der Waals surface area contributed by atoms with Gasteiger partial charge < -0.3 is 0 Å². The molecule has 0 saturated heterocycles. The number of rotatable bonds is 3. The van der Waals surface area contributed by atoms with Gasteiger partial charge in [-0.15, -0.1) is 0 Å². The van der Waals surface area contributed by atoms with Crippen LogP contribution >= 0.6 is 15.9 Å². The second kappa shape index (κ2) is 5.01. The Labute approximate surface area is 95.6 Å². The van der Waals surface area contributed by atoms with E-state index in [-0.39, 0.29) is 11.2 Å². The van der Waals surface area contributed by atoms with Crippen LogP contribution in [-0.2, 0) is 0 Å². The number of benzene rings is 1. The van der Waals surface area contributed by atoms with Crippen molar-refractivity contribution in [3.63, 3.8) is 0 Å². The second-order valence-corrected chi connectivity index (χ2v) is 4.64. The number of halogens is 4. The summed E-state index contributed by atoms with van der Waals surface area (Å²) in [6.07, 6.45) is -4.75. The third-order valence-electron chi connectivity index (χ3n) is 2.12. The molecule has 4 heteroatoms. The van der Waals surface area contributed by atoms with Gasteiger partial charge in [0.15, 0.2) is 0 Å². The van der Waals surface area contributed by atoms with Gasteiger partial charge in [0, 0.05) is 11.2 Å². The Hall–Kier alpha value is -0.510. The first-order valence-electron chi connectivity index (χ1n) is 4.66. The summed E-state index contributed by atoms with van der Waals surface area (Å²) < 4.78 is 35.9. The average Bonchev–Trinajstić information content (AvgIpc) is 2.14. The van der Waals surface area contributed by atoms with Crippen LogP contribution in [0.15, 0.2) is 24.3 Å². The molecule has 0 heterocycles. The molecule has 1 unspecified atom stereocenters.